The van der Waals surface area contributed by atoms with Gasteiger partial charge in [-0.3, -0.25) is 9.79 Å². The van der Waals surface area contributed by atoms with Gasteiger partial charge in [-0.05, 0) is 61.1 Å². The summed E-state index contributed by atoms with van der Waals surface area (Å²) >= 11 is 0. The predicted octanol–water partition coefficient (Wildman–Crippen LogP) is 4.09. The van der Waals surface area contributed by atoms with Gasteiger partial charge in [0.2, 0.25) is 0 Å². The average Bonchev–Trinajstić information content (AvgIpc) is 3.23. The minimum Gasteiger partial charge on any atom is -0.376 e. The van der Waals surface area contributed by atoms with Gasteiger partial charge in [0.05, 0.1) is 6.10 Å². The number of hydrogen-bond donors (Lipinski definition) is 3. The Morgan fingerprint density at radius 3 is 2.65 bits per heavy atom. The van der Waals surface area contributed by atoms with E-state index in [1.54, 1.807) is 7.05 Å². The van der Waals surface area contributed by atoms with Crippen molar-refractivity contribution in [2.24, 2.45) is 16.3 Å². The molecule has 2 aliphatic rings. The van der Waals surface area contributed by atoms with Crippen LogP contribution in [0.15, 0.2) is 29.3 Å². The molecular formula is C24H39IN4O2. The van der Waals surface area contributed by atoms with Crippen molar-refractivity contribution in [2.75, 3.05) is 26.7 Å². The van der Waals surface area contributed by atoms with Gasteiger partial charge in [0, 0.05) is 38.9 Å². The molecule has 1 heterocycles. The zero-order valence-electron chi connectivity index (χ0n) is 19.2. The maximum Gasteiger partial charge on any atom is 0.251 e. The summed E-state index contributed by atoms with van der Waals surface area (Å²) in [5, 5.41) is 9.90. The number of rotatable bonds is 9. The number of aliphatic imine (C=N–C) groups is 1. The number of halogens is 1. The molecule has 31 heavy (non-hydrogen) atoms. The highest BCUT2D eigenvalue weighted by Gasteiger charge is 2.37. The van der Waals surface area contributed by atoms with Crippen LogP contribution in [0.2, 0.25) is 0 Å². The van der Waals surface area contributed by atoms with E-state index in [-0.39, 0.29) is 36.0 Å². The highest BCUT2D eigenvalue weighted by Crippen LogP contribution is 2.45. The molecule has 1 aliphatic carbocycles. The number of carbonyl (C=O) groups is 1. The molecule has 3 N–H and O–H groups in total. The number of guanidine groups is 1. The standard InChI is InChI=1S/C24H38N4O2.HI/c1-18(2)14-24(10-6-11-24)17-28-23(25-3)27-15-19-7-4-8-20(13-19)22(29)26-16-21-9-5-12-30-21;/h4,7-8,13,18,21H,5-6,9-12,14-17H2,1-3H3,(H,26,29)(H2,25,27,28);1H. The van der Waals surface area contributed by atoms with E-state index < -0.39 is 0 Å². The number of nitrogens with one attached hydrogen (secondary N) is 3. The normalized spacial score (nSPS) is 20.0. The molecule has 2 fully saturated rings. The lowest BCUT2D eigenvalue weighted by atomic mass is 9.64. The number of amides is 1. The summed E-state index contributed by atoms with van der Waals surface area (Å²) in [6, 6.07) is 7.76. The van der Waals surface area contributed by atoms with E-state index in [4.69, 9.17) is 4.74 Å². The van der Waals surface area contributed by atoms with E-state index in [2.05, 4.69) is 34.8 Å². The molecule has 0 aromatic heterocycles. The van der Waals surface area contributed by atoms with E-state index in [0.717, 1.165) is 43.4 Å². The van der Waals surface area contributed by atoms with Crippen molar-refractivity contribution in [1.29, 1.82) is 0 Å². The van der Waals surface area contributed by atoms with Crippen molar-refractivity contribution in [2.45, 2.75) is 65.0 Å². The number of ether oxygens (including phenoxy) is 1. The molecule has 6 nitrogen and oxygen atoms in total. The monoisotopic (exact) mass is 542 g/mol. The third-order valence-corrected chi connectivity index (χ3v) is 6.27. The van der Waals surface area contributed by atoms with Gasteiger partial charge < -0.3 is 20.7 Å². The van der Waals surface area contributed by atoms with Crippen LogP contribution in [-0.4, -0.2) is 44.7 Å². The molecule has 1 aromatic rings. The molecule has 1 unspecified atom stereocenters. The smallest absolute Gasteiger partial charge is 0.251 e. The lowest BCUT2D eigenvalue weighted by Gasteiger charge is -2.43. The van der Waals surface area contributed by atoms with E-state index in [1.165, 1.54) is 25.7 Å². The van der Waals surface area contributed by atoms with E-state index in [1.807, 2.05) is 24.3 Å². The average molecular weight is 543 g/mol. The third kappa shape index (κ3) is 7.93. The second kappa shape index (κ2) is 12.6. The zero-order valence-corrected chi connectivity index (χ0v) is 21.5. The molecule has 1 saturated heterocycles. The van der Waals surface area contributed by atoms with Crippen LogP contribution in [0.5, 0.6) is 0 Å². The number of nitrogens with zero attached hydrogens (tertiary/aromatic N) is 1. The second-order valence-corrected chi connectivity index (χ2v) is 9.28. The van der Waals surface area contributed by atoms with Crippen molar-refractivity contribution in [3.05, 3.63) is 35.4 Å². The van der Waals surface area contributed by atoms with Crippen molar-refractivity contribution in [3.8, 4) is 0 Å². The summed E-state index contributed by atoms with van der Waals surface area (Å²) < 4.78 is 5.58. The molecule has 1 saturated carbocycles. The quantitative estimate of drug-likeness (QED) is 0.250. The van der Waals surface area contributed by atoms with Crippen LogP contribution in [-0.2, 0) is 11.3 Å². The van der Waals surface area contributed by atoms with Crippen LogP contribution in [0.4, 0.5) is 0 Å². The topological polar surface area (TPSA) is 74.8 Å². The Labute approximate surface area is 204 Å². The van der Waals surface area contributed by atoms with Gasteiger partial charge in [0.15, 0.2) is 5.96 Å². The second-order valence-electron chi connectivity index (χ2n) is 9.28. The van der Waals surface area contributed by atoms with Gasteiger partial charge in [-0.1, -0.05) is 32.4 Å². The van der Waals surface area contributed by atoms with Gasteiger partial charge >= 0.3 is 0 Å². The van der Waals surface area contributed by atoms with Gasteiger partial charge in [-0.15, -0.1) is 24.0 Å². The first-order valence-electron chi connectivity index (χ1n) is 11.4. The van der Waals surface area contributed by atoms with E-state index >= 15 is 0 Å². The molecule has 1 aliphatic heterocycles. The molecule has 174 valence electrons. The van der Waals surface area contributed by atoms with Crippen LogP contribution in [0, 0.1) is 11.3 Å². The van der Waals surface area contributed by atoms with Crippen molar-refractivity contribution < 1.29 is 9.53 Å². The molecule has 1 aromatic carbocycles. The number of benzene rings is 1. The summed E-state index contributed by atoms with van der Waals surface area (Å²) in [7, 11) is 1.81. The summed E-state index contributed by atoms with van der Waals surface area (Å²) in [5.41, 5.74) is 2.16. The van der Waals surface area contributed by atoms with Gasteiger partial charge in [-0.2, -0.15) is 0 Å². The fraction of sp³-hybridized carbons (Fsp3) is 0.667. The van der Waals surface area contributed by atoms with Gasteiger partial charge in [-0.25, -0.2) is 0 Å². The lowest BCUT2D eigenvalue weighted by Crippen LogP contribution is -2.46. The highest BCUT2D eigenvalue weighted by molar-refractivity contribution is 14.0. The Morgan fingerprint density at radius 1 is 1.23 bits per heavy atom. The largest absolute Gasteiger partial charge is 0.376 e. The van der Waals surface area contributed by atoms with E-state index in [0.29, 0.717) is 24.1 Å². The minimum absolute atomic E-state index is 0. The first-order valence-corrected chi connectivity index (χ1v) is 11.4. The Balaban J connectivity index is 0.00000341. The van der Waals surface area contributed by atoms with Crippen LogP contribution in [0.3, 0.4) is 0 Å². The molecule has 1 amide bonds. The van der Waals surface area contributed by atoms with Crippen LogP contribution in [0.25, 0.3) is 0 Å². The number of carbonyl (C=O) groups excluding carboxylic acids is 1. The van der Waals surface area contributed by atoms with E-state index in [9.17, 15) is 4.79 Å². The molecular weight excluding hydrogens is 503 g/mol. The molecule has 0 radical (unpaired) electrons. The maximum atomic E-state index is 12.5. The Kier molecular flexibility index (Phi) is 10.6. The zero-order chi connectivity index (χ0) is 21.4. The Hall–Kier alpha value is -1.35. The summed E-state index contributed by atoms with van der Waals surface area (Å²) in [6.45, 7) is 7.58. The predicted molar refractivity (Wildman–Crippen MR) is 137 cm³/mol. The van der Waals surface area contributed by atoms with Crippen molar-refractivity contribution in [3.63, 3.8) is 0 Å². The maximum absolute atomic E-state index is 12.5. The Bertz CT molecular complexity index is 728. The highest BCUT2D eigenvalue weighted by atomic mass is 127. The summed E-state index contributed by atoms with van der Waals surface area (Å²) in [6.07, 6.45) is 7.46. The molecule has 3 rings (SSSR count). The Morgan fingerprint density at radius 2 is 2.03 bits per heavy atom. The summed E-state index contributed by atoms with van der Waals surface area (Å²) in [4.78, 5) is 16.8. The third-order valence-electron chi connectivity index (χ3n) is 6.27. The van der Waals surface area contributed by atoms with Crippen LogP contribution in [0.1, 0.15) is 68.3 Å². The summed E-state index contributed by atoms with van der Waals surface area (Å²) in [5.74, 6) is 1.49. The molecule has 0 bridgehead atoms. The molecule has 7 heteroatoms. The minimum atomic E-state index is -0.0459. The molecule has 1 atom stereocenters. The fourth-order valence-electron chi connectivity index (χ4n) is 4.61. The van der Waals surface area contributed by atoms with Crippen molar-refractivity contribution >= 4 is 35.8 Å². The molecule has 0 spiro atoms. The SMILES string of the molecule is CN=C(NCc1cccc(C(=O)NCC2CCCO2)c1)NCC1(CC(C)C)CCC1.I. The van der Waals surface area contributed by atoms with Gasteiger partial charge in [0.1, 0.15) is 0 Å². The first kappa shape index (κ1) is 25.9. The van der Waals surface area contributed by atoms with Gasteiger partial charge in [0.25, 0.3) is 5.91 Å². The van der Waals surface area contributed by atoms with Crippen LogP contribution < -0.4 is 16.0 Å². The lowest BCUT2D eigenvalue weighted by molar-refractivity contribution is 0.0857. The first-order chi connectivity index (χ1) is 14.5. The van der Waals surface area contributed by atoms with Crippen molar-refractivity contribution in [1.82, 2.24) is 16.0 Å². The fourth-order valence-corrected chi connectivity index (χ4v) is 4.61. The van der Waals surface area contributed by atoms with Crippen LogP contribution >= 0.6 is 24.0 Å². The number of hydrogen-bond acceptors (Lipinski definition) is 3.